The molecular weight excluding hydrogens is 236 g/mol. The average Bonchev–Trinajstić information content (AvgIpc) is 2.44. The van der Waals surface area contributed by atoms with Crippen molar-refractivity contribution in [2.45, 2.75) is 0 Å². The molecule has 0 heterocycles. The Morgan fingerprint density at radius 2 is 1.74 bits per heavy atom. The molecule has 0 spiro atoms. The van der Waals surface area contributed by atoms with E-state index in [1.165, 1.54) is 0 Å². The Labute approximate surface area is 112 Å². The Bertz CT molecular complexity index is 709. The van der Waals surface area contributed by atoms with Gasteiger partial charge in [0.2, 0.25) is 0 Å². The topological polar surface area (TPSA) is 37.3 Å². The number of aromatic carboxylic acids is 1. The van der Waals surface area contributed by atoms with Gasteiger partial charge >= 0.3 is 5.97 Å². The first-order valence-corrected chi connectivity index (χ1v) is 5.83. The number of benzene rings is 2. The molecule has 2 rings (SSSR count). The number of hydrogen-bond acceptors (Lipinski definition) is 1. The molecule has 19 heavy (non-hydrogen) atoms. The summed E-state index contributed by atoms with van der Waals surface area (Å²) >= 11 is 0. The van der Waals surface area contributed by atoms with Crippen LogP contribution in [0.4, 0.5) is 0 Å². The van der Waals surface area contributed by atoms with Gasteiger partial charge in [-0.1, -0.05) is 50.1 Å². The first-order valence-electron chi connectivity index (χ1n) is 5.83. The molecule has 0 atom stereocenters. The molecule has 2 heteroatoms. The number of carbonyl (C=O) groups is 1. The number of carboxylic acids is 1. The van der Waals surface area contributed by atoms with Gasteiger partial charge in [-0.2, -0.15) is 0 Å². The fourth-order valence-corrected chi connectivity index (χ4v) is 2.20. The van der Waals surface area contributed by atoms with E-state index < -0.39 is 5.97 Å². The van der Waals surface area contributed by atoms with E-state index in [2.05, 4.69) is 19.7 Å². The second-order valence-corrected chi connectivity index (χ2v) is 4.15. The van der Waals surface area contributed by atoms with E-state index in [1.807, 2.05) is 12.1 Å². The van der Waals surface area contributed by atoms with Gasteiger partial charge in [0.05, 0.1) is 5.56 Å². The zero-order valence-corrected chi connectivity index (χ0v) is 10.5. The number of carboxylic acid groups (broad SMARTS) is 1. The highest BCUT2D eigenvalue weighted by molar-refractivity contribution is 6.07. The van der Waals surface area contributed by atoms with Gasteiger partial charge in [-0.3, -0.25) is 0 Å². The Hall–Kier alpha value is -2.61. The summed E-state index contributed by atoms with van der Waals surface area (Å²) in [4.78, 5) is 11.4. The molecule has 2 aromatic carbocycles. The van der Waals surface area contributed by atoms with Crippen LogP contribution in [0.25, 0.3) is 29.0 Å². The molecular formula is C17H14O2. The van der Waals surface area contributed by atoms with Crippen LogP contribution in [0.15, 0.2) is 44.0 Å². The number of hydrogen-bond donors (Lipinski definition) is 1. The molecule has 94 valence electrons. The van der Waals surface area contributed by atoms with E-state index in [9.17, 15) is 9.90 Å². The lowest BCUT2D eigenvalue weighted by Crippen LogP contribution is -1.99. The van der Waals surface area contributed by atoms with Gasteiger partial charge in [0.1, 0.15) is 0 Å². The van der Waals surface area contributed by atoms with E-state index >= 15 is 0 Å². The molecule has 0 aliphatic rings. The van der Waals surface area contributed by atoms with Crippen molar-refractivity contribution >= 4 is 35.0 Å². The summed E-state index contributed by atoms with van der Waals surface area (Å²) in [6.45, 7) is 11.3. The standard InChI is InChI=1S/C17H14O2/c1-4-11-9-15-13(6-3)12(5-2)7-8-14(15)16(10-11)17(18)19/h4-10H,1-3H2,(H,18,19). The second kappa shape index (κ2) is 4.94. The maximum absolute atomic E-state index is 11.4. The lowest BCUT2D eigenvalue weighted by atomic mass is 9.93. The van der Waals surface area contributed by atoms with E-state index in [4.69, 9.17) is 0 Å². The highest BCUT2D eigenvalue weighted by atomic mass is 16.4. The quantitative estimate of drug-likeness (QED) is 0.869. The molecule has 2 aromatic rings. The van der Waals surface area contributed by atoms with Crippen LogP contribution in [-0.4, -0.2) is 11.1 Å². The molecule has 0 unspecified atom stereocenters. The summed E-state index contributed by atoms with van der Waals surface area (Å²) in [5.74, 6) is -0.949. The number of fused-ring (bicyclic) bond motifs is 1. The lowest BCUT2D eigenvalue weighted by Gasteiger charge is -2.10. The monoisotopic (exact) mass is 250 g/mol. The second-order valence-electron chi connectivity index (χ2n) is 4.15. The van der Waals surface area contributed by atoms with Gasteiger partial charge in [-0.15, -0.1) is 0 Å². The van der Waals surface area contributed by atoms with Gasteiger partial charge in [0.15, 0.2) is 0 Å². The largest absolute Gasteiger partial charge is 0.478 e. The fraction of sp³-hybridized carbons (Fsp3) is 0. The minimum atomic E-state index is -0.949. The highest BCUT2D eigenvalue weighted by Crippen LogP contribution is 2.29. The van der Waals surface area contributed by atoms with E-state index in [0.29, 0.717) is 5.39 Å². The normalized spacial score (nSPS) is 10.1. The van der Waals surface area contributed by atoms with Crippen molar-refractivity contribution in [1.82, 2.24) is 0 Å². The van der Waals surface area contributed by atoms with Crippen LogP contribution in [0, 0.1) is 0 Å². The molecule has 0 saturated carbocycles. The molecule has 0 radical (unpaired) electrons. The van der Waals surface area contributed by atoms with E-state index in [1.54, 1.807) is 30.4 Å². The first kappa shape index (κ1) is 12.8. The summed E-state index contributed by atoms with van der Waals surface area (Å²) in [5, 5.41) is 10.9. The van der Waals surface area contributed by atoms with Gasteiger partial charge in [0, 0.05) is 0 Å². The first-order chi connectivity index (χ1) is 9.12. The molecule has 0 fully saturated rings. The van der Waals surface area contributed by atoms with Crippen LogP contribution >= 0.6 is 0 Å². The van der Waals surface area contributed by atoms with Gasteiger partial charge in [-0.25, -0.2) is 4.79 Å². The van der Waals surface area contributed by atoms with Crippen molar-refractivity contribution in [2.75, 3.05) is 0 Å². The van der Waals surface area contributed by atoms with Crippen molar-refractivity contribution in [3.63, 3.8) is 0 Å². The average molecular weight is 250 g/mol. The highest BCUT2D eigenvalue weighted by Gasteiger charge is 2.12. The van der Waals surface area contributed by atoms with Gasteiger partial charge in [0.25, 0.3) is 0 Å². The molecule has 0 bridgehead atoms. The smallest absolute Gasteiger partial charge is 0.336 e. The van der Waals surface area contributed by atoms with Crippen LogP contribution in [0.2, 0.25) is 0 Å². The zero-order chi connectivity index (χ0) is 14.0. The Morgan fingerprint density at radius 1 is 1.00 bits per heavy atom. The minimum absolute atomic E-state index is 0.270. The Kier molecular flexibility index (Phi) is 3.34. The molecule has 0 aliphatic heterocycles. The molecule has 0 amide bonds. The summed E-state index contributed by atoms with van der Waals surface area (Å²) in [6.07, 6.45) is 5.09. The molecule has 0 aromatic heterocycles. The maximum atomic E-state index is 11.4. The molecule has 0 saturated heterocycles. The predicted octanol–water partition coefficient (Wildman–Crippen LogP) is 4.47. The van der Waals surface area contributed by atoms with Crippen LogP contribution in [0.5, 0.6) is 0 Å². The van der Waals surface area contributed by atoms with Gasteiger partial charge < -0.3 is 5.11 Å². The van der Waals surface area contributed by atoms with Crippen molar-refractivity contribution in [1.29, 1.82) is 0 Å². The number of rotatable bonds is 4. The van der Waals surface area contributed by atoms with Crippen molar-refractivity contribution in [3.8, 4) is 0 Å². The third kappa shape index (κ3) is 2.08. The SMILES string of the molecule is C=Cc1cc(C(=O)O)c2ccc(C=C)c(C=C)c2c1. The summed E-state index contributed by atoms with van der Waals surface area (Å²) in [6, 6.07) is 7.19. The van der Waals surface area contributed by atoms with Gasteiger partial charge in [-0.05, 0) is 39.6 Å². The van der Waals surface area contributed by atoms with Crippen LogP contribution in [-0.2, 0) is 0 Å². The van der Waals surface area contributed by atoms with Crippen molar-refractivity contribution < 1.29 is 9.90 Å². The molecule has 0 aliphatic carbocycles. The third-order valence-corrected chi connectivity index (χ3v) is 3.12. The third-order valence-electron chi connectivity index (χ3n) is 3.12. The minimum Gasteiger partial charge on any atom is -0.478 e. The zero-order valence-electron chi connectivity index (χ0n) is 10.5. The van der Waals surface area contributed by atoms with Crippen LogP contribution < -0.4 is 0 Å². The summed E-state index contributed by atoms with van der Waals surface area (Å²) in [5.41, 5.74) is 2.86. The Morgan fingerprint density at radius 3 is 2.26 bits per heavy atom. The fourth-order valence-electron chi connectivity index (χ4n) is 2.20. The lowest BCUT2D eigenvalue weighted by molar-refractivity contribution is 0.0699. The molecule has 2 nitrogen and oxygen atoms in total. The van der Waals surface area contributed by atoms with Crippen LogP contribution in [0.1, 0.15) is 27.0 Å². The van der Waals surface area contributed by atoms with E-state index in [0.717, 1.165) is 22.1 Å². The van der Waals surface area contributed by atoms with Crippen LogP contribution in [0.3, 0.4) is 0 Å². The van der Waals surface area contributed by atoms with Crippen molar-refractivity contribution in [3.05, 3.63) is 66.3 Å². The predicted molar refractivity (Wildman–Crippen MR) is 81.2 cm³/mol. The summed E-state index contributed by atoms with van der Waals surface area (Å²) < 4.78 is 0. The van der Waals surface area contributed by atoms with E-state index in [-0.39, 0.29) is 5.56 Å². The Balaban J connectivity index is 3.00. The van der Waals surface area contributed by atoms with Crippen molar-refractivity contribution in [2.24, 2.45) is 0 Å². The maximum Gasteiger partial charge on any atom is 0.336 e. The molecule has 1 N–H and O–H groups in total. The summed E-state index contributed by atoms with van der Waals surface area (Å²) in [7, 11) is 0.